The van der Waals surface area contributed by atoms with Gasteiger partial charge in [0.1, 0.15) is 18.1 Å². The molecule has 0 aromatic carbocycles. The largest absolute Gasteiger partial charge is 0.462 e. The molecular formula is C14H24N2O5S. The van der Waals surface area contributed by atoms with Gasteiger partial charge in [-0.15, -0.1) is 0 Å². The molecule has 1 aromatic rings. The van der Waals surface area contributed by atoms with Crippen molar-refractivity contribution in [3.63, 3.8) is 0 Å². The molecule has 1 fully saturated rings. The van der Waals surface area contributed by atoms with Gasteiger partial charge in [0.05, 0.1) is 24.5 Å². The molecule has 0 unspecified atom stereocenters. The number of ether oxygens (including phenoxy) is 1. The Bertz CT molecular complexity index is 562. The maximum Gasteiger partial charge on any atom is 0.215 e. The summed E-state index contributed by atoms with van der Waals surface area (Å²) < 4.78 is 37.0. The third-order valence-electron chi connectivity index (χ3n) is 3.49. The molecular weight excluding hydrogens is 308 g/mol. The van der Waals surface area contributed by atoms with Crippen LogP contribution in [0.1, 0.15) is 25.4 Å². The van der Waals surface area contributed by atoms with Crippen molar-refractivity contribution in [2.75, 3.05) is 25.4 Å². The van der Waals surface area contributed by atoms with E-state index in [1.54, 1.807) is 12.1 Å². The van der Waals surface area contributed by atoms with Crippen molar-refractivity contribution in [2.24, 2.45) is 0 Å². The first-order chi connectivity index (χ1) is 10.4. The number of furan rings is 1. The summed E-state index contributed by atoms with van der Waals surface area (Å²) in [6.07, 6.45) is -0.155. The minimum absolute atomic E-state index is 0.0417. The second-order valence-corrected chi connectivity index (χ2v) is 7.68. The highest BCUT2D eigenvalue weighted by molar-refractivity contribution is 7.89. The molecule has 2 N–H and O–H groups in total. The fourth-order valence-corrected chi connectivity index (χ4v) is 4.04. The lowest BCUT2D eigenvalue weighted by Gasteiger charge is -2.34. The number of nitrogens with zero attached hydrogens (tertiary/aromatic N) is 1. The quantitative estimate of drug-likeness (QED) is 0.698. The van der Waals surface area contributed by atoms with Gasteiger partial charge in [-0.25, -0.2) is 8.42 Å². The zero-order chi connectivity index (χ0) is 16.2. The van der Waals surface area contributed by atoms with Gasteiger partial charge in [0.15, 0.2) is 0 Å². The highest BCUT2D eigenvalue weighted by Gasteiger charge is 2.30. The van der Waals surface area contributed by atoms with Gasteiger partial charge in [-0.1, -0.05) is 0 Å². The lowest BCUT2D eigenvalue weighted by molar-refractivity contribution is -0.0440. The van der Waals surface area contributed by atoms with Gasteiger partial charge in [0.2, 0.25) is 10.0 Å². The van der Waals surface area contributed by atoms with Crippen LogP contribution in [0.15, 0.2) is 16.5 Å². The fourth-order valence-electron chi connectivity index (χ4n) is 2.50. The van der Waals surface area contributed by atoms with E-state index in [2.05, 4.69) is 5.32 Å². The van der Waals surface area contributed by atoms with Crippen molar-refractivity contribution < 1.29 is 22.7 Å². The molecule has 0 bridgehead atoms. The van der Waals surface area contributed by atoms with Gasteiger partial charge in [0, 0.05) is 19.6 Å². The average Bonchev–Trinajstić information content (AvgIpc) is 2.90. The van der Waals surface area contributed by atoms with E-state index in [0.29, 0.717) is 37.7 Å². The van der Waals surface area contributed by atoms with Gasteiger partial charge < -0.3 is 19.6 Å². The zero-order valence-electron chi connectivity index (χ0n) is 13.0. The second kappa shape index (κ2) is 7.56. The average molecular weight is 332 g/mol. The van der Waals surface area contributed by atoms with Crippen LogP contribution in [0.3, 0.4) is 0 Å². The van der Waals surface area contributed by atoms with Crippen LogP contribution in [-0.4, -0.2) is 55.4 Å². The lowest BCUT2D eigenvalue weighted by Crippen LogP contribution is -2.49. The molecule has 1 aromatic heterocycles. The van der Waals surface area contributed by atoms with Crippen LogP contribution in [0.2, 0.25) is 0 Å². The minimum atomic E-state index is -3.28. The number of sulfonamides is 1. The van der Waals surface area contributed by atoms with Crippen molar-refractivity contribution in [3.8, 4) is 0 Å². The first kappa shape index (κ1) is 17.4. The molecule has 2 rings (SSSR count). The molecule has 22 heavy (non-hydrogen) atoms. The van der Waals surface area contributed by atoms with Crippen LogP contribution in [-0.2, 0) is 27.9 Å². The Balaban J connectivity index is 1.77. The number of hydrogen-bond donors (Lipinski definition) is 2. The summed E-state index contributed by atoms with van der Waals surface area (Å²) in [5.41, 5.74) is 0. The molecule has 8 heteroatoms. The Morgan fingerprint density at radius 1 is 1.27 bits per heavy atom. The predicted molar refractivity (Wildman–Crippen MR) is 81.7 cm³/mol. The molecule has 1 aliphatic rings. The van der Waals surface area contributed by atoms with E-state index >= 15 is 0 Å². The van der Waals surface area contributed by atoms with Crippen LogP contribution in [0.5, 0.6) is 0 Å². The lowest BCUT2D eigenvalue weighted by atomic mass is 10.3. The maximum absolute atomic E-state index is 12.3. The van der Waals surface area contributed by atoms with Crippen molar-refractivity contribution in [1.29, 1.82) is 0 Å². The molecule has 1 saturated heterocycles. The molecule has 126 valence electrons. The third-order valence-corrected chi connectivity index (χ3v) is 5.29. The molecule has 0 aliphatic carbocycles. The molecule has 0 saturated carbocycles. The Morgan fingerprint density at radius 3 is 2.50 bits per heavy atom. The van der Waals surface area contributed by atoms with E-state index in [1.165, 1.54) is 4.31 Å². The minimum Gasteiger partial charge on any atom is -0.462 e. The van der Waals surface area contributed by atoms with E-state index in [1.807, 2.05) is 13.8 Å². The normalized spacial score (nSPS) is 23.8. The van der Waals surface area contributed by atoms with Crippen molar-refractivity contribution in [1.82, 2.24) is 9.62 Å². The van der Waals surface area contributed by atoms with E-state index in [9.17, 15) is 8.42 Å². The van der Waals surface area contributed by atoms with Crippen LogP contribution >= 0.6 is 0 Å². The molecule has 2 heterocycles. The molecule has 1 aliphatic heterocycles. The number of aliphatic hydroxyl groups is 1. The van der Waals surface area contributed by atoms with Crippen molar-refractivity contribution in [3.05, 3.63) is 23.7 Å². The van der Waals surface area contributed by atoms with Crippen molar-refractivity contribution >= 4 is 10.0 Å². The number of rotatable bonds is 7. The van der Waals surface area contributed by atoms with E-state index in [4.69, 9.17) is 14.3 Å². The highest BCUT2D eigenvalue weighted by Crippen LogP contribution is 2.14. The Morgan fingerprint density at radius 2 is 1.91 bits per heavy atom. The monoisotopic (exact) mass is 332 g/mol. The predicted octanol–water partition coefficient (Wildman–Crippen LogP) is 0.301. The zero-order valence-corrected chi connectivity index (χ0v) is 13.8. The van der Waals surface area contributed by atoms with Crippen molar-refractivity contribution in [2.45, 2.75) is 39.2 Å². The molecule has 0 amide bonds. The van der Waals surface area contributed by atoms with Gasteiger partial charge in [-0.3, -0.25) is 0 Å². The molecule has 0 radical (unpaired) electrons. The Labute approximate surface area is 131 Å². The summed E-state index contributed by atoms with van der Waals surface area (Å²) >= 11 is 0. The summed E-state index contributed by atoms with van der Waals surface area (Å²) in [5, 5.41) is 12.0. The SMILES string of the molecule is C[C@@H]1CN(S(=O)(=O)CCNCc2ccc(CO)o2)C[C@@H](C)O1. The number of hydrogen-bond acceptors (Lipinski definition) is 6. The van der Waals surface area contributed by atoms with Crippen LogP contribution < -0.4 is 5.32 Å². The van der Waals surface area contributed by atoms with Gasteiger partial charge in [0.25, 0.3) is 0 Å². The van der Waals surface area contributed by atoms with Crippen LogP contribution in [0.25, 0.3) is 0 Å². The standard InChI is InChI=1S/C14H24N2O5S/c1-11-8-16(9-12(2)20-11)22(18,19)6-5-15-7-13-3-4-14(10-17)21-13/h3-4,11-12,15,17H,5-10H2,1-2H3/t11-,12-/m1/s1. The smallest absolute Gasteiger partial charge is 0.215 e. The topological polar surface area (TPSA) is 92.0 Å². The molecule has 2 atom stereocenters. The second-order valence-electron chi connectivity index (χ2n) is 5.59. The van der Waals surface area contributed by atoms with E-state index < -0.39 is 10.0 Å². The number of nitrogens with one attached hydrogen (secondary N) is 1. The van der Waals surface area contributed by atoms with Gasteiger partial charge in [-0.05, 0) is 26.0 Å². The third kappa shape index (κ3) is 4.79. The first-order valence-corrected chi connectivity index (χ1v) is 9.04. The first-order valence-electron chi connectivity index (χ1n) is 7.43. The molecule has 0 spiro atoms. The number of morpholine rings is 1. The number of aliphatic hydroxyl groups excluding tert-OH is 1. The summed E-state index contributed by atoms with van der Waals surface area (Å²) in [7, 11) is -3.28. The van der Waals surface area contributed by atoms with Crippen LogP contribution in [0.4, 0.5) is 0 Å². The Kier molecular flexibility index (Phi) is 5.99. The van der Waals surface area contributed by atoms with E-state index in [-0.39, 0.29) is 24.6 Å². The van der Waals surface area contributed by atoms with E-state index in [0.717, 1.165) is 0 Å². The fraction of sp³-hybridized carbons (Fsp3) is 0.714. The summed E-state index contributed by atoms with van der Waals surface area (Å²) in [4.78, 5) is 0. The summed E-state index contributed by atoms with van der Waals surface area (Å²) in [6.45, 7) is 5.22. The van der Waals surface area contributed by atoms with Gasteiger partial charge >= 0.3 is 0 Å². The summed E-state index contributed by atoms with van der Waals surface area (Å²) in [6, 6.07) is 3.46. The van der Waals surface area contributed by atoms with Crippen LogP contribution in [0, 0.1) is 0 Å². The maximum atomic E-state index is 12.3. The Hall–Kier alpha value is -0.930. The highest BCUT2D eigenvalue weighted by atomic mass is 32.2. The van der Waals surface area contributed by atoms with Gasteiger partial charge in [-0.2, -0.15) is 4.31 Å². The summed E-state index contributed by atoms with van der Waals surface area (Å²) in [5.74, 6) is 1.22. The molecule has 7 nitrogen and oxygen atoms in total.